The first-order chi connectivity index (χ1) is 8.02. The smallest absolute Gasteiger partial charge is 0.396 e. The van der Waals surface area contributed by atoms with E-state index in [-0.39, 0.29) is 16.9 Å². The number of aliphatic carboxylic acids is 1. The minimum atomic E-state index is -1.57. The number of ketones is 1. The molecule has 6 nitrogen and oxygen atoms in total. The molecule has 1 aromatic carbocycles. The number of carbonyl (C=O) groups is 2. The molecule has 0 aliphatic heterocycles. The number of ether oxygens (including phenoxy) is 1. The molecule has 1 aromatic heterocycles. The molecular formula is C10H6O6S. The highest BCUT2D eigenvalue weighted by molar-refractivity contribution is 7.16. The van der Waals surface area contributed by atoms with Crippen LogP contribution in [0.15, 0.2) is 21.3 Å². The molecule has 0 bridgehead atoms. The lowest BCUT2D eigenvalue weighted by molar-refractivity contribution is -0.131. The minimum Gasteiger partial charge on any atom is -0.493 e. The number of hydrogen-bond acceptors (Lipinski definition) is 6. The molecule has 0 aliphatic carbocycles. The van der Waals surface area contributed by atoms with Crippen LogP contribution in [0.5, 0.6) is 5.75 Å². The van der Waals surface area contributed by atoms with Crippen LogP contribution < -0.4 is 9.68 Å². The van der Waals surface area contributed by atoms with E-state index in [9.17, 15) is 14.4 Å². The highest BCUT2D eigenvalue weighted by Gasteiger charge is 2.19. The summed E-state index contributed by atoms with van der Waals surface area (Å²) >= 11 is 0.778. The number of carboxylic acids is 1. The summed E-state index contributed by atoms with van der Waals surface area (Å²) in [4.78, 5) is 32.4. The second-order valence-corrected chi connectivity index (χ2v) is 4.07. The fraction of sp³-hybridized carbons (Fsp3) is 0.100. The third-order valence-electron chi connectivity index (χ3n) is 2.08. The monoisotopic (exact) mass is 254 g/mol. The summed E-state index contributed by atoms with van der Waals surface area (Å²) in [6, 6.07) is 2.53. The van der Waals surface area contributed by atoms with Gasteiger partial charge in [-0.15, -0.1) is 0 Å². The van der Waals surface area contributed by atoms with Crippen LogP contribution in [-0.4, -0.2) is 24.0 Å². The van der Waals surface area contributed by atoms with Gasteiger partial charge in [0.25, 0.3) is 5.78 Å². The summed E-state index contributed by atoms with van der Waals surface area (Å²) in [5.41, 5.74) is 0.156. The SMILES string of the molecule is COc1cc(C(=O)C(=O)O)cc2sc(=O)oc12. The zero-order chi connectivity index (χ0) is 12.6. The zero-order valence-electron chi connectivity index (χ0n) is 8.55. The molecule has 0 amide bonds. The number of benzene rings is 1. The van der Waals surface area contributed by atoms with Gasteiger partial charge in [-0.25, -0.2) is 9.59 Å². The van der Waals surface area contributed by atoms with Gasteiger partial charge < -0.3 is 14.3 Å². The summed E-state index contributed by atoms with van der Waals surface area (Å²) in [6.45, 7) is 0. The molecule has 1 N–H and O–H groups in total. The molecular weight excluding hydrogens is 248 g/mol. The zero-order valence-corrected chi connectivity index (χ0v) is 9.37. The fourth-order valence-electron chi connectivity index (χ4n) is 1.35. The van der Waals surface area contributed by atoms with Crippen LogP contribution in [0.25, 0.3) is 10.3 Å². The maximum absolute atomic E-state index is 11.3. The highest BCUT2D eigenvalue weighted by Crippen LogP contribution is 2.29. The molecule has 88 valence electrons. The predicted octanol–water partition coefficient (Wildman–Crippen LogP) is 1.13. The molecule has 0 fully saturated rings. The van der Waals surface area contributed by atoms with Gasteiger partial charge in [0.1, 0.15) is 0 Å². The second kappa shape index (κ2) is 4.02. The summed E-state index contributed by atoms with van der Waals surface area (Å²) in [5, 5.41) is 8.60. The quantitative estimate of drug-likeness (QED) is 0.651. The third kappa shape index (κ3) is 1.92. The van der Waals surface area contributed by atoms with E-state index < -0.39 is 16.7 Å². The molecule has 0 radical (unpaired) electrons. The van der Waals surface area contributed by atoms with Gasteiger partial charge in [-0.1, -0.05) is 11.3 Å². The number of hydrogen-bond donors (Lipinski definition) is 1. The first-order valence-electron chi connectivity index (χ1n) is 4.42. The van der Waals surface area contributed by atoms with Gasteiger partial charge in [0.05, 0.1) is 11.8 Å². The van der Waals surface area contributed by atoms with Crippen LogP contribution >= 0.6 is 11.3 Å². The molecule has 0 unspecified atom stereocenters. The molecule has 17 heavy (non-hydrogen) atoms. The van der Waals surface area contributed by atoms with E-state index in [1.165, 1.54) is 19.2 Å². The van der Waals surface area contributed by atoms with E-state index in [1.54, 1.807) is 0 Å². The Balaban J connectivity index is 2.72. The van der Waals surface area contributed by atoms with E-state index in [1.807, 2.05) is 0 Å². The Bertz CT molecular complexity index is 665. The molecule has 0 spiro atoms. The summed E-state index contributed by atoms with van der Waals surface area (Å²) in [5.74, 6) is -2.47. The Morgan fingerprint density at radius 1 is 1.41 bits per heavy atom. The van der Waals surface area contributed by atoms with Gasteiger partial charge in [0.2, 0.25) is 0 Å². The summed E-state index contributed by atoms with van der Waals surface area (Å²) in [6.07, 6.45) is 0. The number of methoxy groups -OCH3 is 1. The van der Waals surface area contributed by atoms with Crippen LogP contribution in [-0.2, 0) is 4.79 Å². The van der Waals surface area contributed by atoms with Crippen molar-refractivity contribution in [1.82, 2.24) is 0 Å². The summed E-state index contributed by atoms with van der Waals surface area (Å²) in [7, 11) is 1.33. The van der Waals surface area contributed by atoms with Crippen molar-refractivity contribution in [1.29, 1.82) is 0 Å². The van der Waals surface area contributed by atoms with Crippen molar-refractivity contribution in [3.63, 3.8) is 0 Å². The van der Waals surface area contributed by atoms with Crippen LogP contribution in [0.1, 0.15) is 10.4 Å². The van der Waals surface area contributed by atoms with E-state index in [2.05, 4.69) is 0 Å². The summed E-state index contributed by atoms with van der Waals surface area (Å²) < 4.78 is 10.2. The Labute approximate surface area is 98.0 Å². The molecule has 0 saturated heterocycles. The van der Waals surface area contributed by atoms with Gasteiger partial charge >= 0.3 is 10.9 Å². The lowest BCUT2D eigenvalue weighted by Gasteiger charge is -2.02. The van der Waals surface area contributed by atoms with Crippen molar-refractivity contribution in [3.8, 4) is 5.75 Å². The van der Waals surface area contributed by atoms with Crippen molar-refractivity contribution in [3.05, 3.63) is 27.4 Å². The van der Waals surface area contributed by atoms with Gasteiger partial charge in [-0.2, -0.15) is 0 Å². The van der Waals surface area contributed by atoms with Crippen LogP contribution in [0.3, 0.4) is 0 Å². The Morgan fingerprint density at radius 3 is 2.71 bits per heavy atom. The second-order valence-electron chi connectivity index (χ2n) is 3.09. The van der Waals surface area contributed by atoms with Crippen molar-refractivity contribution >= 4 is 33.4 Å². The molecule has 7 heteroatoms. The largest absolute Gasteiger partial charge is 0.493 e. The van der Waals surface area contributed by atoms with Crippen molar-refractivity contribution in [2.24, 2.45) is 0 Å². The van der Waals surface area contributed by atoms with Gasteiger partial charge in [-0.3, -0.25) is 4.79 Å². The minimum absolute atomic E-state index is 0.0566. The van der Waals surface area contributed by atoms with E-state index in [0.717, 1.165) is 11.3 Å². The topological polar surface area (TPSA) is 93.8 Å². The first kappa shape index (κ1) is 11.3. The molecule has 0 aliphatic rings. The van der Waals surface area contributed by atoms with Crippen molar-refractivity contribution in [2.75, 3.05) is 7.11 Å². The van der Waals surface area contributed by atoms with E-state index in [0.29, 0.717) is 4.70 Å². The Kier molecular flexibility index (Phi) is 2.68. The number of carbonyl (C=O) groups excluding carboxylic acids is 1. The third-order valence-corrected chi connectivity index (χ3v) is 2.85. The maximum atomic E-state index is 11.3. The maximum Gasteiger partial charge on any atom is 0.396 e. The number of carboxylic acid groups (broad SMARTS) is 1. The van der Waals surface area contributed by atoms with Crippen LogP contribution in [0.2, 0.25) is 0 Å². The van der Waals surface area contributed by atoms with Crippen LogP contribution in [0, 0.1) is 0 Å². The van der Waals surface area contributed by atoms with Gasteiger partial charge in [0.15, 0.2) is 11.3 Å². The van der Waals surface area contributed by atoms with Crippen molar-refractivity contribution in [2.45, 2.75) is 0 Å². The average molecular weight is 254 g/mol. The number of fused-ring (bicyclic) bond motifs is 1. The Morgan fingerprint density at radius 2 is 2.12 bits per heavy atom. The van der Waals surface area contributed by atoms with E-state index >= 15 is 0 Å². The first-order valence-corrected chi connectivity index (χ1v) is 5.24. The Hall–Kier alpha value is -2.15. The van der Waals surface area contributed by atoms with E-state index in [4.69, 9.17) is 14.3 Å². The van der Waals surface area contributed by atoms with Crippen molar-refractivity contribution < 1.29 is 23.8 Å². The predicted molar refractivity (Wildman–Crippen MR) is 58.9 cm³/mol. The molecule has 2 aromatic rings. The molecule has 0 atom stereocenters. The average Bonchev–Trinajstić information content (AvgIpc) is 2.66. The fourth-order valence-corrected chi connectivity index (χ4v) is 2.08. The number of Topliss-reactive ketones (excluding diaryl/α,β-unsaturated/α-hetero) is 1. The van der Waals surface area contributed by atoms with Gasteiger partial charge in [-0.05, 0) is 12.1 Å². The standard InChI is InChI=1S/C10H6O6S/c1-15-5-2-4(7(11)9(12)13)3-6-8(5)16-10(14)17-6/h2-3H,1H3,(H,12,13). The molecule has 0 saturated carbocycles. The number of rotatable bonds is 3. The molecule has 1 heterocycles. The van der Waals surface area contributed by atoms with Crippen LogP contribution in [0.4, 0.5) is 0 Å². The lowest BCUT2D eigenvalue weighted by Crippen LogP contribution is -2.12. The lowest BCUT2D eigenvalue weighted by atomic mass is 10.1. The normalized spacial score (nSPS) is 10.4. The molecule has 2 rings (SSSR count). The highest BCUT2D eigenvalue weighted by atomic mass is 32.1. The van der Waals surface area contributed by atoms with Gasteiger partial charge in [0, 0.05) is 5.56 Å².